The van der Waals surface area contributed by atoms with Crippen LogP contribution in [0.3, 0.4) is 0 Å². The lowest BCUT2D eigenvalue weighted by atomic mass is 9.85. The van der Waals surface area contributed by atoms with Gasteiger partial charge in [0.1, 0.15) is 6.04 Å². The zero-order valence-corrected chi connectivity index (χ0v) is 7.69. The third-order valence-corrected chi connectivity index (χ3v) is 2.73. The number of rotatable bonds is 1. The second kappa shape index (κ2) is 3.29. The molecule has 1 aliphatic carbocycles. The number of nitriles is 1. The van der Waals surface area contributed by atoms with Crippen LogP contribution in [0, 0.1) is 17.2 Å². The zero-order valence-electron chi connectivity index (χ0n) is 7.69. The van der Waals surface area contributed by atoms with Crippen LogP contribution in [-0.2, 0) is 4.79 Å². The molecule has 0 aromatic carbocycles. The second-order valence-corrected chi connectivity index (χ2v) is 3.72. The van der Waals surface area contributed by atoms with Crippen molar-refractivity contribution in [2.24, 2.45) is 5.92 Å². The monoisotopic (exact) mass is 193 g/mol. The Hall–Kier alpha value is -1.57. The molecule has 5 heteroatoms. The highest BCUT2D eigenvalue weighted by molar-refractivity contribution is 5.96. The van der Waals surface area contributed by atoms with Gasteiger partial charge in [0, 0.05) is 5.92 Å². The summed E-state index contributed by atoms with van der Waals surface area (Å²) < 4.78 is 0. The van der Waals surface area contributed by atoms with Crippen LogP contribution in [0.4, 0.5) is 4.79 Å². The van der Waals surface area contributed by atoms with Crippen molar-refractivity contribution in [3.8, 4) is 6.07 Å². The van der Waals surface area contributed by atoms with E-state index in [1.807, 2.05) is 6.07 Å². The first-order valence-corrected chi connectivity index (χ1v) is 4.73. The highest BCUT2D eigenvalue weighted by Crippen LogP contribution is 2.26. The Bertz CT molecular complexity index is 317. The molecule has 2 aliphatic rings. The fraction of sp³-hybridized carbons (Fsp3) is 0.667. The van der Waals surface area contributed by atoms with Gasteiger partial charge in [-0.3, -0.25) is 10.1 Å². The number of nitrogens with zero attached hydrogens (tertiary/aromatic N) is 2. The van der Waals surface area contributed by atoms with Crippen LogP contribution in [-0.4, -0.2) is 29.4 Å². The lowest BCUT2D eigenvalue weighted by Crippen LogP contribution is -2.40. The fourth-order valence-electron chi connectivity index (χ4n) is 1.42. The van der Waals surface area contributed by atoms with Gasteiger partial charge in [0.2, 0.25) is 5.91 Å². The molecule has 1 saturated heterocycles. The molecule has 2 rings (SSSR count). The quantitative estimate of drug-likeness (QED) is 0.606. The Kier molecular flexibility index (Phi) is 2.12. The molecule has 1 aliphatic heterocycles. The molecule has 14 heavy (non-hydrogen) atoms. The van der Waals surface area contributed by atoms with Gasteiger partial charge in [0.25, 0.3) is 0 Å². The fourth-order valence-corrected chi connectivity index (χ4v) is 1.42. The van der Waals surface area contributed by atoms with Crippen LogP contribution in [0.2, 0.25) is 0 Å². The predicted octanol–water partition coefficient (Wildman–Crippen LogP) is 0.230. The van der Waals surface area contributed by atoms with Crippen molar-refractivity contribution in [3.63, 3.8) is 0 Å². The molecule has 0 bridgehead atoms. The highest BCUT2D eigenvalue weighted by Gasteiger charge is 2.40. The molecule has 1 atom stereocenters. The average Bonchev–Trinajstić information content (AvgIpc) is 2.78. The van der Waals surface area contributed by atoms with E-state index in [0.29, 0.717) is 6.54 Å². The number of hydrogen-bond acceptors (Lipinski definition) is 3. The molecule has 2 fully saturated rings. The van der Waals surface area contributed by atoms with E-state index < -0.39 is 6.03 Å². The Morgan fingerprint density at radius 1 is 1.43 bits per heavy atom. The third-order valence-electron chi connectivity index (χ3n) is 2.73. The average molecular weight is 193 g/mol. The van der Waals surface area contributed by atoms with Gasteiger partial charge >= 0.3 is 6.03 Å². The lowest BCUT2D eigenvalue weighted by Gasteiger charge is -2.23. The smallest absolute Gasteiger partial charge is 0.303 e. The minimum Gasteiger partial charge on any atom is -0.303 e. The van der Waals surface area contributed by atoms with Gasteiger partial charge in [0.15, 0.2) is 0 Å². The van der Waals surface area contributed by atoms with Crippen molar-refractivity contribution in [3.05, 3.63) is 0 Å². The largest absolute Gasteiger partial charge is 0.325 e. The zero-order chi connectivity index (χ0) is 10.1. The van der Waals surface area contributed by atoms with Crippen LogP contribution in [0.5, 0.6) is 0 Å². The van der Waals surface area contributed by atoms with Gasteiger partial charge in [-0.05, 0) is 12.8 Å². The number of imide groups is 1. The molecule has 0 spiro atoms. The summed E-state index contributed by atoms with van der Waals surface area (Å²) in [5, 5.41) is 10.8. The molecule has 1 saturated carbocycles. The third kappa shape index (κ3) is 1.55. The topological polar surface area (TPSA) is 73.0 Å². The minimum atomic E-state index is -0.423. The van der Waals surface area contributed by atoms with Crippen molar-refractivity contribution in [1.82, 2.24) is 10.2 Å². The van der Waals surface area contributed by atoms with Gasteiger partial charge in [-0.1, -0.05) is 6.42 Å². The van der Waals surface area contributed by atoms with Gasteiger partial charge < -0.3 is 4.90 Å². The van der Waals surface area contributed by atoms with Crippen LogP contribution < -0.4 is 5.32 Å². The van der Waals surface area contributed by atoms with E-state index in [1.165, 1.54) is 4.90 Å². The predicted molar refractivity (Wildman–Crippen MR) is 47.0 cm³/mol. The minimum absolute atomic E-state index is 0.0134. The maximum absolute atomic E-state index is 11.3. The Morgan fingerprint density at radius 3 is 2.57 bits per heavy atom. The van der Waals surface area contributed by atoms with Crippen molar-refractivity contribution >= 4 is 11.9 Å². The molecular formula is C9H11N3O2. The molecular weight excluding hydrogens is 182 g/mol. The van der Waals surface area contributed by atoms with E-state index in [-0.39, 0.29) is 17.9 Å². The summed E-state index contributed by atoms with van der Waals surface area (Å²) in [6.07, 6.45) is 2.82. The van der Waals surface area contributed by atoms with Gasteiger partial charge in [0.05, 0.1) is 12.6 Å². The van der Waals surface area contributed by atoms with E-state index >= 15 is 0 Å². The summed E-state index contributed by atoms with van der Waals surface area (Å²) in [5.41, 5.74) is 0. The number of amides is 3. The molecule has 1 heterocycles. The van der Waals surface area contributed by atoms with Crippen LogP contribution in [0.15, 0.2) is 0 Å². The maximum Gasteiger partial charge on any atom is 0.325 e. The van der Waals surface area contributed by atoms with E-state index in [4.69, 9.17) is 5.26 Å². The molecule has 74 valence electrons. The number of nitrogens with one attached hydrogen (secondary N) is 1. The molecule has 0 aromatic rings. The maximum atomic E-state index is 11.3. The number of carbonyl (C=O) groups excluding carboxylic acids is 2. The lowest BCUT2D eigenvalue weighted by molar-refractivity contribution is -0.126. The molecule has 0 radical (unpaired) electrons. The van der Waals surface area contributed by atoms with Crippen molar-refractivity contribution in [2.45, 2.75) is 25.3 Å². The normalized spacial score (nSPS) is 24.8. The summed E-state index contributed by atoms with van der Waals surface area (Å²) in [5.74, 6) is -0.177. The molecule has 1 unspecified atom stereocenters. The Morgan fingerprint density at radius 2 is 2.14 bits per heavy atom. The van der Waals surface area contributed by atoms with E-state index in [1.54, 1.807) is 0 Å². The standard InChI is InChI=1S/C9H11N3O2/c10-4-7-5-12(7)9(14)11-8(13)6-2-1-3-6/h6-7H,1-3,5H2,(H,11,13,14). The second-order valence-electron chi connectivity index (χ2n) is 3.72. The Labute approximate surface area is 81.7 Å². The first-order chi connectivity index (χ1) is 6.72. The van der Waals surface area contributed by atoms with E-state index in [2.05, 4.69) is 5.32 Å². The summed E-state index contributed by atoms with van der Waals surface area (Å²) >= 11 is 0. The van der Waals surface area contributed by atoms with Gasteiger partial charge in [-0.2, -0.15) is 5.26 Å². The first kappa shape index (κ1) is 9.00. The number of hydrogen-bond donors (Lipinski definition) is 1. The van der Waals surface area contributed by atoms with Crippen LogP contribution in [0.1, 0.15) is 19.3 Å². The van der Waals surface area contributed by atoms with Crippen molar-refractivity contribution in [2.75, 3.05) is 6.54 Å². The Balaban J connectivity index is 1.78. The van der Waals surface area contributed by atoms with Crippen LogP contribution >= 0.6 is 0 Å². The van der Waals surface area contributed by atoms with Gasteiger partial charge in [-0.25, -0.2) is 4.79 Å². The molecule has 1 N–H and O–H groups in total. The first-order valence-electron chi connectivity index (χ1n) is 4.73. The van der Waals surface area contributed by atoms with Crippen molar-refractivity contribution in [1.29, 1.82) is 5.26 Å². The summed E-state index contributed by atoms with van der Waals surface area (Å²) in [6, 6.07) is 1.20. The number of carbonyl (C=O) groups is 2. The van der Waals surface area contributed by atoms with E-state index in [0.717, 1.165) is 19.3 Å². The van der Waals surface area contributed by atoms with E-state index in [9.17, 15) is 9.59 Å². The number of urea groups is 1. The SMILES string of the molecule is N#CC1CN1C(=O)NC(=O)C1CCC1. The molecule has 5 nitrogen and oxygen atoms in total. The summed E-state index contributed by atoms with van der Waals surface area (Å²) in [4.78, 5) is 23.9. The molecule has 3 amide bonds. The van der Waals surface area contributed by atoms with Crippen molar-refractivity contribution < 1.29 is 9.59 Å². The van der Waals surface area contributed by atoms with Gasteiger partial charge in [-0.15, -0.1) is 0 Å². The van der Waals surface area contributed by atoms with Crippen LogP contribution in [0.25, 0.3) is 0 Å². The highest BCUT2D eigenvalue weighted by atomic mass is 16.2. The molecule has 0 aromatic heterocycles. The summed E-state index contributed by atoms with van der Waals surface area (Å²) in [6.45, 7) is 0.445. The summed E-state index contributed by atoms with van der Waals surface area (Å²) in [7, 11) is 0.